The van der Waals surface area contributed by atoms with E-state index in [4.69, 9.17) is 8.83 Å². The molecule has 0 radical (unpaired) electrons. The second-order valence-electron chi connectivity index (χ2n) is 6.13. The number of aryl methyl sites for hydroxylation is 2. The fraction of sp³-hybridized carbons (Fsp3) is 0.412. The Morgan fingerprint density at radius 1 is 1.12 bits per heavy atom. The lowest BCUT2D eigenvalue weighted by Gasteiger charge is -2.22. The van der Waals surface area contributed by atoms with Crippen LogP contribution in [0.2, 0.25) is 0 Å². The molecule has 1 aliphatic rings. The first-order valence-corrected chi connectivity index (χ1v) is 8.30. The average Bonchev–Trinajstić information content (AvgIpc) is 3.17. The highest BCUT2D eigenvalue weighted by Crippen LogP contribution is 2.25. The maximum absolute atomic E-state index is 12.5. The van der Waals surface area contributed by atoms with Crippen LogP contribution in [0.25, 0.3) is 11.2 Å². The van der Waals surface area contributed by atoms with Crippen molar-refractivity contribution < 1.29 is 13.6 Å². The van der Waals surface area contributed by atoms with Crippen LogP contribution in [0.1, 0.15) is 28.5 Å². The number of hydrogen-bond donors (Lipinski definition) is 0. The first kappa shape index (κ1) is 15.6. The third kappa shape index (κ3) is 2.95. The molecule has 130 valence electrons. The summed E-state index contributed by atoms with van der Waals surface area (Å²) in [5, 5.41) is 0. The highest BCUT2D eigenvalue weighted by Gasteiger charge is 2.24. The number of carbonyl (C=O) groups is 1. The summed E-state index contributed by atoms with van der Waals surface area (Å²) >= 11 is 0. The SMILES string of the molecule is Cc1nc(N2CCCN(C(=O)c3ccoc3)CC2)c2nc(C)oc2n1. The van der Waals surface area contributed by atoms with Crippen molar-refractivity contribution in [3.63, 3.8) is 0 Å². The Balaban J connectivity index is 1.58. The van der Waals surface area contributed by atoms with Crippen LogP contribution in [0.5, 0.6) is 0 Å². The van der Waals surface area contributed by atoms with Gasteiger partial charge in [-0.25, -0.2) is 9.97 Å². The van der Waals surface area contributed by atoms with Crippen LogP contribution in [0.15, 0.2) is 27.4 Å². The molecule has 4 heterocycles. The van der Waals surface area contributed by atoms with Gasteiger partial charge >= 0.3 is 0 Å². The van der Waals surface area contributed by atoms with E-state index in [-0.39, 0.29) is 5.91 Å². The average molecular weight is 341 g/mol. The number of nitrogens with zero attached hydrogens (tertiary/aromatic N) is 5. The van der Waals surface area contributed by atoms with Gasteiger partial charge in [0.1, 0.15) is 12.1 Å². The van der Waals surface area contributed by atoms with Gasteiger partial charge in [0, 0.05) is 33.1 Å². The second kappa shape index (κ2) is 6.19. The monoisotopic (exact) mass is 341 g/mol. The van der Waals surface area contributed by atoms with Crippen molar-refractivity contribution in [2.75, 3.05) is 31.1 Å². The molecule has 0 bridgehead atoms. The first-order valence-electron chi connectivity index (χ1n) is 8.30. The van der Waals surface area contributed by atoms with Gasteiger partial charge in [-0.15, -0.1) is 0 Å². The van der Waals surface area contributed by atoms with Gasteiger partial charge in [-0.05, 0) is 19.4 Å². The molecule has 1 amide bonds. The number of rotatable bonds is 2. The van der Waals surface area contributed by atoms with Gasteiger partial charge in [0.2, 0.25) is 0 Å². The van der Waals surface area contributed by atoms with Gasteiger partial charge in [0.05, 0.1) is 11.8 Å². The molecule has 8 nitrogen and oxygen atoms in total. The summed E-state index contributed by atoms with van der Waals surface area (Å²) in [6.45, 7) is 6.44. The summed E-state index contributed by atoms with van der Waals surface area (Å²) in [7, 11) is 0. The van der Waals surface area contributed by atoms with Gasteiger partial charge < -0.3 is 18.6 Å². The Hall–Kier alpha value is -2.90. The van der Waals surface area contributed by atoms with E-state index >= 15 is 0 Å². The molecule has 0 aromatic carbocycles. The molecular weight excluding hydrogens is 322 g/mol. The summed E-state index contributed by atoms with van der Waals surface area (Å²) < 4.78 is 10.6. The van der Waals surface area contributed by atoms with Crippen LogP contribution < -0.4 is 4.90 Å². The summed E-state index contributed by atoms with van der Waals surface area (Å²) in [6.07, 6.45) is 3.86. The van der Waals surface area contributed by atoms with Gasteiger partial charge in [0.15, 0.2) is 17.2 Å². The van der Waals surface area contributed by atoms with Gasteiger partial charge in [-0.1, -0.05) is 0 Å². The lowest BCUT2D eigenvalue weighted by molar-refractivity contribution is 0.0766. The van der Waals surface area contributed by atoms with Crippen molar-refractivity contribution in [1.82, 2.24) is 19.9 Å². The molecule has 1 saturated heterocycles. The molecule has 1 fully saturated rings. The van der Waals surface area contributed by atoms with E-state index in [1.165, 1.54) is 12.5 Å². The van der Waals surface area contributed by atoms with E-state index in [1.54, 1.807) is 13.0 Å². The fourth-order valence-electron chi connectivity index (χ4n) is 3.14. The van der Waals surface area contributed by atoms with Crippen LogP contribution >= 0.6 is 0 Å². The van der Waals surface area contributed by atoms with Crippen LogP contribution in [0.3, 0.4) is 0 Å². The fourth-order valence-corrected chi connectivity index (χ4v) is 3.14. The highest BCUT2D eigenvalue weighted by molar-refractivity contribution is 5.94. The van der Waals surface area contributed by atoms with Gasteiger partial charge in [-0.2, -0.15) is 4.98 Å². The van der Waals surface area contributed by atoms with E-state index in [1.807, 2.05) is 11.8 Å². The van der Waals surface area contributed by atoms with Crippen molar-refractivity contribution in [1.29, 1.82) is 0 Å². The molecule has 0 unspecified atom stereocenters. The van der Waals surface area contributed by atoms with E-state index in [2.05, 4.69) is 19.9 Å². The normalized spacial score (nSPS) is 15.6. The summed E-state index contributed by atoms with van der Waals surface area (Å²) in [5.74, 6) is 1.99. The van der Waals surface area contributed by atoms with Crippen LogP contribution in [-0.2, 0) is 0 Å². The number of carbonyl (C=O) groups excluding carboxylic acids is 1. The van der Waals surface area contributed by atoms with Crippen molar-refractivity contribution in [2.45, 2.75) is 20.3 Å². The zero-order chi connectivity index (χ0) is 17.4. The van der Waals surface area contributed by atoms with Crippen LogP contribution in [-0.4, -0.2) is 51.9 Å². The van der Waals surface area contributed by atoms with Gasteiger partial charge in [0.25, 0.3) is 11.6 Å². The molecular formula is C17H19N5O3. The third-order valence-corrected chi connectivity index (χ3v) is 4.31. The lowest BCUT2D eigenvalue weighted by Crippen LogP contribution is -2.35. The molecule has 0 aliphatic carbocycles. The van der Waals surface area contributed by atoms with Gasteiger partial charge in [-0.3, -0.25) is 4.79 Å². The number of aromatic nitrogens is 3. The van der Waals surface area contributed by atoms with Crippen LogP contribution in [0, 0.1) is 13.8 Å². The smallest absolute Gasteiger partial charge is 0.257 e. The van der Waals surface area contributed by atoms with Crippen molar-refractivity contribution >= 4 is 23.0 Å². The number of furan rings is 1. The topological polar surface area (TPSA) is 88.5 Å². The molecule has 4 rings (SSSR count). The molecule has 3 aromatic heterocycles. The molecule has 25 heavy (non-hydrogen) atoms. The number of fused-ring (bicyclic) bond motifs is 1. The molecule has 0 N–H and O–H groups in total. The first-order chi connectivity index (χ1) is 12.1. The summed E-state index contributed by atoms with van der Waals surface area (Å²) in [6, 6.07) is 1.69. The molecule has 3 aromatic rings. The summed E-state index contributed by atoms with van der Waals surface area (Å²) in [4.78, 5) is 29.8. The Labute approximate surface area is 144 Å². The van der Waals surface area contributed by atoms with E-state index < -0.39 is 0 Å². The molecule has 0 spiro atoms. The molecule has 8 heteroatoms. The largest absolute Gasteiger partial charge is 0.472 e. The van der Waals surface area contributed by atoms with E-state index in [0.29, 0.717) is 48.1 Å². The van der Waals surface area contributed by atoms with E-state index in [9.17, 15) is 4.79 Å². The molecule has 1 aliphatic heterocycles. The van der Waals surface area contributed by atoms with Crippen molar-refractivity contribution in [2.24, 2.45) is 0 Å². The zero-order valence-electron chi connectivity index (χ0n) is 14.2. The minimum absolute atomic E-state index is 0.00287. The van der Waals surface area contributed by atoms with Crippen molar-refractivity contribution in [3.8, 4) is 0 Å². The summed E-state index contributed by atoms with van der Waals surface area (Å²) in [5.41, 5.74) is 1.77. The minimum atomic E-state index is -0.00287. The maximum atomic E-state index is 12.5. The Kier molecular flexibility index (Phi) is 3.87. The standard InChI is InChI=1S/C17H19N5O3/c1-11-18-15(14-16(19-11)25-12(2)20-14)21-5-3-6-22(8-7-21)17(23)13-4-9-24-10-13/h4,9-10H,3,5-8H2,1-2H3. The highest BCUT2D eigenvalue weighted by atomic mass is 16.4. The lowest BCUT2D eigenvalue weighted by atomic mass is 10.3. The quantitative estimate of drug-likeness (QED) is 0.706. The predicted molar refractivity (Wildman–Crippen MR) is 90.5 cm³/mol. The number of oxazole rings is 1. The second-order valence-corrected chi connectivity index (χ2v) is 6.13. The van der Waals surface area contributed by atoms with Crippen LogP contribution in [0.4, 0.5) is 5.82 Å². The Morgan fingerprint density at radius 2 is 2.00 bits per heavy atom. The Bertz CT molecular complexity index is 903. The Morgan fingerprint density at radius 3 is 2.80 bits per heavy atom. The van der Waals surface area contributed by atoms with Crippen molar-refractivity contribution in [3.05, 3.63) is 35.9 Å². The maximum Gasteiger partial charge on any atom is 0.257 e. The molecule has 0 saturated carbocycles. The zero-order valence-corrected chi connectivity index (χ0v) is 14.2. The van der Waals surface area contributed by atoms with E-state index in [0.717, 1.165) is 18.8 Å². The molecule has 0 atom stereocenters. The number of anilines is 1. The minimum Gasteiger partial charge on any atom is -0.472 e. The number of amides is 1. The predicted octanol–water partition coefficient (Wildman–Crippen LogP) is 2.18. The third-order valence-electron chi connectivity index (χ3n) is 4.31. The number of hydrogen-bond acceptors (Lipinski definition) is 7.